The molecule has 6 heteroatoms. The summed E-state index contributed by atoms with van der Waals surface area (Å²) in [5, 5.41) is 5.39. The molecule has 0 radical (unpaired) electrons. The van der Waals surface area contributed by atoms with Crippen LogP contribution in [0.4, 0.5) is 11.4 Å². The average molecular weight is 277 g/mol. The maximum atomic E-state index is 11.7. The van der Waals surface area contributed by atoms with Crippen molar-refractivity contribution in [3.8, 4) is 5.75 Å². The van der Waals surface area contributed by atoms with Crippen LogP contribution in [-0.4, -0.2) is 24.5 Å². The minimum atomic E-state index is -0.423. The lowest BCUT2D eigenvalue weighted by Gasteiger charge is -2.23. The summed E-state index contributed by atoms with van der Waals surface area (Å²) in [4.78, 5) is 22.8. The van der Waals surface area contributed by atoms with E-state index in [1.165, 1.54) is 0 Å². The van der Waals surface area contributed by atoms with Gasteiger partial charge in [-0.1, -0.05) is 6.92 Å². The van der Waals surface area contributed by atoms with Crippen LogP contribution in [0.15, 0.2) is 18.2 Å². The second-order valence-corrected chi connectivity index (χ2v) is 4.79. The van der Waals surface area contributed by atoms with Gasteiger partial charge in [-0.05, 0) is 18.9 Å². The fourth-order valence-corrected chi connectivity index (χ4v) is 2.04. The Kier molecular flexibility index (Phi) is 4.45. The smallest absolute Gasteiger partial charge is 0.249 e. The number of anilines is 2. The molecular formula is C14H19N3O3. The van der Waals surface area contributed by atoms with Crippen molar-refractivity contribution < 1.29 is 14.3 Å². The van der Waals surface area contributed by atoms with Gasteiger partial charge in [-0.3, -0.25) is 14.9 Å². The van der Waals surface area contributed by atoms with E-state index in [1.807, 2.05) is 6.92 Å². The molecule has 2 rings (SSSR count). The van der Waals surface area contributed by atoms with E-state index in [-0.39, 0.29) is 11.8 Å². The van der Waals surface area contributed by atoms with Crippen molar-refractivity contribution in [1.29, 1.82) is 0 Å². The molecule has 2 amide bonds. The van der Waals surface area contributed by atoms with Crippen molar-refractivity contribution in [2.45, 2.75) is 32.2 Å². The molecule has 0 bridgehead atoms. The van der Waals surface area contributed by atoms with Gasteiger partial charge in [-0.15, -0.1) is 0 Å². The van der Waals surface area contributed by atoms with Gasteiger partial charge >= 0.3 is 0 Å². The van der Waals surface area contributed by atoms with Crippen molar-refractivity contribution in [3.63, 3.8) is 0 Å². The van der Waals surface area contributed by atoms with E-state index in [9.17, 15) is 9.59 Å². The Hall–Kier alpha value is -2.24. The molecule has 1 aromatic rings. The number of benzene rings is 1. The van der Waals surface area contributed by atoms with Gasteiger partial charge in [0.2, 0.25) is 11.8 Å². The van der Waals surface area contributed by atoms with Crippen LogP contribution >= 0.6 is 0 Å². The number of hydrogen-bond acceptors (Lipinski definition) is 5. The zero-order valence-corrected chi connectivity index (χ0v) is 11.4. The van der Waals surface area contributed by atoms with Crippen LogP contribution in [0.5, 0.6) is 5.75 Å². The largest absolute Gasteiger partial charge is 0.493 e. The predicted molar refractivity (Wildman–Crippen MR) is 76.4 cm³/mol. The quantitative estimate of drug-likeness (QED) is 0.557. The first kappa shape index (κ1) is 14.2. The van der Waals surface area contributed by atoms with Crippen LogP contribution in [-0.2, 0) is 9.59 Å². The summed E-state index contributed by atoms with van der Waals surface area (Å²) in [6.45, 7) is 2.64. The summed E-state index contributed by atoms with van der Waals surface area (Å²) >= 11 is 0. The second-order valence-electron chi connectivity index (χ2n) is 4.79. The number of carbonyl (C=O) groups is 2. The number of imide groups is 1. The lowest BCUT2D eigenvalue weighted by atomic mass is 10.1. The minimum Gasteiger partial charge on any atom is -0.493 e. The number of piperidine rings is 1. The lowest BCUT2D eigenvalue weighted by Crippen LogP contribution is -2.47. The van der Waals surface area contributed by atoms with Gasteiger partial charge in [-0.25, -0.2) is 0 Å². The number of ether oxygens (including phenoxy) is 1. The van der Waals surface area contributed by atoms with Crippen molar-refractivity contribution in [3.05, 3.63) is 18.2 Å². The Morgan fingerprint density at radius 1 is 1.40 bits per heavy atom. The monoisotopic (exact) mass is 277 g/mol. The summed E-state index contributed by atoms with van der Waals surface area (Å²) in [5.41, 5.74) is 7.10. The van der Waals surface area contributed by atoms with Crippen LogP contribution in [0.2, 0.25) is 0 Å². The Labute approximate surface area is 117 Å². The molecule has 1 unspecified atom stereocenters. The molecule has 1 atom stereocenters. The molecule has 1 saturated heterocycles. The molecule has 0 saturated carbocycles. The molecule has 6 nitrogen and oxygen atoms in total. The summed E-state index contributed by atoms with van der Waals surface area (Å²) < 4.78 is 5.54. The van der Waals surface area contributed by atoms with Crippen molar-refractivity contribution >= 4 is 23.2 Å². The van der Waals surface area contributed by atoms with Crippen LogP contribution in [0.25, 0.3) is 0 Å². The number of amides is 2. The van der Waals surface area contributed by atoms with E-state index in [0.717, 1.165) is 6.42 Å². The highest BCUT2D eigenvalue weighted by Gasteiger charge is 2.26. The predicted octanol–water partition coefficient (Wildman–Crippen LogP) is 1.27. The van der Waals surface area contributed by atoms with E-state index in [4.69, 9.17) is 10.5 Å². The molecule has 20 heavy (non-hydrogen) atoms. The molecule has 0 aliphatic carbocycles. The van der Waals surface area contributed by atoms with E-state index < -0.39 is 6.04 Å². The Morgan fingerprint density at radius 3 is 2.90 bits per heavy atom. The number of nitrogens with one attached hydrogen (secondary N) is 2. The van der Waals surface area contributed by atoms with Crippen molar-refractivity contribution in [2.75, 3.05) is 17.7 Å². The van der Waals surface area contributed by atoms with Crippen LogP contribution in [0, 0.1) is 0 Å². The number of carbonyl (C=O) groups excluding carboxylic acids is 2. The molecular weight excluding hydrogens is 258 g/mol. The van der Waals surface area contributed by atoms with Gasteiger partial charge in [0.15, 0.2) is 0 Å². The summed E-state index contributed by atoms with van der Waals surface area (Å²) in [7, 11) is 0. The number of rotatable bonds is 5. The van der Waals surface area contributed by atoms with E-state index in [2.05, 4.69) is 10.6 Å². The molecule has 1 fully saturated rings. The molecule has 1 aromatic carbocycles. The second kappa shape index (κ2) is 6.27. The number of nitrogens with two attached hydrogens (primary N) is 1. The Morgan fingerprint density at radius 2 is 2.20 bits per heavy atom. The maximum Gasteiger partial charge on any atom is 0.249 e. The molecule has 1 heterocycles. The van der Waals surface area contributed by atoms with Crippen LogP contribution in [0.1, 0.15) is 26.2 Å². The van der Waals surface area contributed by atoms with Gasteiger partial charge < -0.3 is 15.8 Å². The first-order chi connectivity index (χ1) is 9.58. The summed E-state index contributed by atoms with van der Waals surface area (Å²) in [6, 6.07) is 4.86. The van der Waals surface area contributed by atoms with E-state index >= 15 is 0 Å². The first-order valence-corrected chi connectivity index (χ1v) is 6.72. The topological polar surface area (TPSA) is 93.4 Å². The fraction of sp³-hybridized carbons (Fsp3) is 0.429. The van der Waals surface area contributed by atoms with Crippen molar-refractivity contribution in [2.24, 2.45) is 0 Å². The van der Waals surface area contributed by atoms with Gasteiger partial charge in [0, 0.05) is 29.9 Å². The standard InChI is InChI=1S/C14H19N3O3/c1-2-5-20-11-7-9(15)6-10(8-11)16-12-3-4-13(18)17-14(12)19/h6-8,12,16H,2-5,15H2,1H3,(H,17,18,19). The summed E-state index contributed by atoms with van der Waals surface area (Å²) in [6.07, 6.45) is 1.72. The third kappa shape index (κ3) is 3.63. The van der Waals surface area contributed by atoms with Crippen molar-refractivity contribution in [1.82, 2.24) is 5.32 Å². The Bertz CT molecular complexity index is 516. The van der Waals surface area contributed by atoms with E-state index in [0.29, 0.717) is 36.6 Å². The third-order valence-electron chi connectivity index (χ3n) is 2.98. The summed E-state index contributed by atoms with van der Waals surface area (Å²) in [5.74, 6) is 0.133. The third-order valence-corrected chi connectivity index (χ3v) is 2.98. The van der Waals surface area contributed by atoms with Crippen LogP contribution < -0.4 is 21.1 Å². The SMILES string of the molecule is CCCOc1cc(N)cc(NC2CCC(=O)NC2=O)c1. The number of hydrogen-bond donors (Lipinski definition) is 3. The normalized spacial score (nSPS) is 18.6. The average Bonchev–Trinajstić information content (AvgIpc) is 2.39. The molecule has 1 aliphatic heterocycles. The minimum absolute atomic E-state index is 0.229. The highest BCUT2D eigenvalue weighted by molar-refractivity contribution is 6.01. The van der Waals surface area contributed by atoms with Gasteiger partial charge in [0.25, 0.3) is 0 Å². The molecule has 1 aliphatic rings. The molecule has 0 spiro atoms. The Balaban J connectivity index is 2.06. The zero-order chi connectivity index (χ0) is 14.5. The van der Waals surface area contributed by atoms with Gasteiger partial charge in [-0.2, -0.15) is 0 Å². The zero-order valence-electron chi connectivity index (χ0n) is 11.4. The molecule has 0 aromatic heterocycles. The highest BCUT2D eigenvalue weighted by atomic mass is 16.5. The lowest BCUT2D eigenvalue weighted by molar-refractivity contribution is -0.133. The fourth-order valence-electron chi connectivity index (χ4n) is 2.04. The van der Waals surface area contributed by atoms with Crippen LogP contribution in [0.3, 0.4) is 0 Å². The molecule has 108 valence electrons. The highest BCUT2D eigenvalue weighted by Crippen LogP contribution is 2.24. The van der Waals surface area contributed by atoms with Gasteiger partial charge in [0.05, 0.1) is 6.61 Å². The number of nitrogen functional groups attached to an aromatic ring is 1. The van der Waals surface area contributed by atoms with Gasteiger partial charge in [0.1, 0.15) is 11.8 Å². The molecule has 4 N–H and O–H groups in total. The van der Waals surface area contributed by atoms with E-state index in [1.54, 1.807) is 18.2 Å². The maximum absolute atomic E-state index is 11.7. The first-order valence-electron chi connectivity index (χ1n) is 6.72.